The van der Waals surface area contributed by atoms with Gasteiger partial charge in [-0.25, -0.2) is 0 Å². The minimum atomic E-state index is -4.32. The smallest absolute Gasteiger partial charge is 0.399 e. The number of allylic oxidation sites excluding steroid dienone is 6. The Kier molecular flexibility index (Phi) is 25.4. The maximum Gasteiger partial charge on any atom is 0.399 e. The molecular weight excluding hydrogens is 427 g/mol. The van der Waals surface area contributed by atoms with Gasteiger partial charge in [0.1, 0.15) is 0 Å². The van der Waals surface area contributed by atoms with Gasteiger partial charge in [0.05, 0.1) is 5.92 Å². The minimum Gasteiger partial charge on any atom is -0.405 e. The molecule has 0 fully saturated rings. The van der Waals surface area contributed by atoms with Gasteiger partial charge in [-0.05, 0) is 58.4 Å². The Labute approximate surface area is 198 Å². The van der Waals surface area contributed by atoms with Crippen LogP contribution in [0.1, 0.15) is 65.9 Å². The fourth-order valence-electron chi connectivity index (χ4n) is 1.97. The Bertz CT molecular complexity index is 674. The summed E-state index contributed by atoms with van der Waals surface area (Å²) in [5.41, 5.74) is 5.98. The van der Waals surface area contributed by atoms with Crippen molar-refractivity contribution in [2.24, 2.45) is 5.73 Å². The standard InChI is InChI=1S/C15H16F3N.C6H14O.C3H7N.C2H5N/c1-3-4-5-7-12(2)10-14(15(16,17)18)13-8-6-9-19-11-13;1-3-5-7-6-4-2;1-3(2)4;1-2-3/h3-11,14H,1-2H3;3-6H2,1-2H3;4H,1-2H3;2H,1,3H2/b4-3-,7-5-,12-10-;;;. The van der Waals surface area contributed by atoms with Gasteiger partial charge in [-0.15, -0.1) is 0 Å². The van der Waals surface area contributed by atoms with Gasteiger partial charge >= 0.3 is 6.18 Å². The number of pyridine rings is 1. The van der Waals surface area contributed by atoms with Crippen molar-refractivity contribution in [2.75, 3.05) is 13.2 Å². The van der Waals surface area contributed by atoms with Crippen LogP contribution in [0.2, 0.25) is 0 Å². The van der Waals surface area contributed by atoms with Crippen LogP contribution in [0.5, 0.6) is 0 Å². The van der Waals surface area contributed by atoms with E-state index in [1.807, 2.05) is 13.0 Å². The molecule has 4 nitrogen and oxygen atoms in total. The summed E-state index contributed by atoms with van der Waals surface area (Å²) in [6.45, 7) is 16.2. The van der Waals surface area contributed by atoms with Gasteiger partial charge in [-0.1, -0.05) is 62.4 Å². The van der Waals surface area contributed by atoms with Crippen LogP contribution < -0.4 is 5.73 Å². The van der Waals surface area contributed by atoms with Gasteiger partial charge in [0, 0.05) is 31.3 Å². The third-order valence-electron chi connectivity index (χ3n) is 3.19. The lowest BCUT2D eigenvalue weighted by molar-refractivity contribution is -0.139. The maximum atomic E-state index is 13.0. The average Bonchev–Trinajstić information content (AvgIpc) is 2.73. The number of nitrogens with two attached hydrogens (primary N) is 1. The zero-order valence-electron chi connectivity index (χ0n) is 21.0. The van der Waals surface area contributed by atoms with Crippen LogP contribution in [0.4, 0.5) is 13.2 Å². The topological polar surface area (TPSA) is 72.0 Å². The molecule has 1 atom stereocenters. The maximum absolute atomic E-state index is 13.0. The van der Waals surface area contributed by atoms with E-state index in [-0.39, 0.29) is 5.56 Å². The van der Waals surface area contributed by atoms with Crippen molar-refractivity contribution in [3.05, 3.63) is 78.8 Å². The fraction of sp³-hybridized carbons (Fsp3) is 0.462. The zero-order chi connectivity index (χ0) is 26.1. The molecule has 0 aliphatic rings. The highest BCUT2D eigenvalue weighted by Gasteiger charge is 2.39. The molecule has 0 bridgehead atoms. The van der Waals surface area contributed by atoms with Crippen molar-refractivity contribution < 1.29 is 17.9 Å². The molecule has 0 aliphatic carbocycles. The number of nitrogens with zero attached hydrogens (tertiary/aromatic N) is 1. The molecule has 0 radical (unpaired) electrons. The molecule has 33 heavy (non-hydrogen) atoms. The number of aromatic nitrogens is 1. The highest BCUT2D eigenvalue weighted by Crippen LogP contribution is 2.36. The predicted octanol–water partition coefficient (Wildman–Crippen LogP) is 7.76. The molecule has 0 spiro atoms. The summed E-state index contributed by atoms with van der Waals surface area (Å²) in [5.74, 6) is -1.63. The Hall–Kier alpha value is -2.67. The molecule has 1 aromatic rings. The molecule has 0 amide bonds. The van der Waals surface area contributed by atoms with Crippen LogP contribution in [0.3, 0.4) is 0 Å². The van der Waals surface area contributed by atoms with Gasteiger partial charge in [0.25, 0.3) is 0 Å². The molecule has 1 heterocycles. The lowest BCUT2D eigenvalue weighted by atomic mass is 9.97. The van der Waals surface area contributed by atoms with Gasteiger partial charge in [-0.2, -0.15) is 13.2 Å². The summed E-state index contributed by atoms with van der Waals surface area (Å²) >= 11 is 0. The van der Waals surface area contributed by atoms with E-state index in [2.05, 4.69) is 31.1 Å². The Morgan fingerprint density at radius 3 is 2.06 bits per heavy atom. The first-order valence-corrected chi connectivity index (χ1v) is 10.9. The van der Waals surface area contributed by atoms with Crippen LogP contribution in [0.25, 0.3) is 0 Å². The number of hydrogen-bond donors (Lipinski definition) is 2. The lowest BCUT2D eigenvalue weighted by Gasteiger charge is -2.17. The van der Waals surface area contributed by atoms with Crippen molar-refractivity contribution in [3.8, 4) is 0 Å². The highest BCUT2D eigenvalue weighted by atomic mass is 19.4. The van der Waals surface area contributed by atoms with Crippen LogP contribution >= 0.6 is 0 Å². The first kappa shape index (κ1) is 34.9. The molecule has 3 N–H and O–H groups in total. The van der Waals surface area contributed by atoms with Crippen molar-refractivity contribution in [1.29, 1.82) is 5.41 Å². The van der Waals surface area contributed by atoms with Crippen LogP contribution in [-0.2, 0) is 4.74 Å². The van der Waals surface area contributed by atoms with E-state index in [1.54, 1.807) is 39.0 Å². The molecule has 0 saturated heterocycles. The van der Waals surface area contributed by atoms with Crippen LogP contribution in [0.15, 0.2) is 73.3 Å². The monoisotopic (exact) mass is 469 g/mol. The van der Waals surface area contributed by atoms with Crippen molar-refractivity contribution in [2.45, 2.75) is 66.5 Å². The Balaban J connectivity index is -0.000000527. The van der Waals surface area contributed by atoms with Gasteiger partial charge in [0.15, 0.2) is 0 Å². The number of halogens is 3. The van der Waals surface area contributed by atoms with Gasteiger partial charge in [0.2, 0.25) is 0 Å². The lowest BCUT2D eigenvalue weighted by Crippen LogP contribution is -2.19. The first-order valence-electron chi connectivity index (χ1n) is 10.9. The van der Waals surface area contributed by atoms with E-state index in [1.165, 1.54) is 36.8 Å². The normalized spacial score (nSPS) is 12.0. The summed E-state index contributed by atoms with van der Waals surface area (Å²) < 4.78 is 44.3. The molecule has 188 valence electrons. The third kappa shape index (κ3) is 27.3. The highest BCUT2D eigenvalue weighted by molar-refractivity contribution is 5.75. The van der Waals surface area contributed by atoms with Gasteiger partial charge in [-0.3, -0.25) is 4.98 Å². The van der Waals surface area contributed by atoms with E-state index >= 15 is 0 Å². The van der Waals surface area contributed by atoms with E-state index < -0.39 is 12.1 Å². The summed E-state index contributed by atoms with van der Waals surface area (Å²) in [6.07, 6.45) is 10.1. The molecule has 1 rings (SSSR count). The van der Waals surface area contributed by atoms with Gasteiger partial charge < -0.3 is 15.9 Å². The molecule has 0 saturated carbocycles. The predicted molar refractivity (Wildman–Crippen MR) is 136 cm³/mol. The second kappa shape index (κ2) is 24.0. The van der Waals surface area contributed by atoms with E-state index in [4.69, 9.17) is 10.1 Å². The average molecular weight is 470 g/mol. The quantitative estimate of drug-likeness (QED) is 0.232. The molecule has 0 aromatic carbocycles. The molecule has 0 aliphatic heterocycles. The van der Waals surface area contributed by atoms with Crippen LogP contribution in [0, 0.1) is 5.41 Å². The van der Waals surface area contributed by atoms with Crippen LogP contribution in [-0.4, -0.2) is 30.1 Å². The summed E-state index contributed by atoms with van der Waals surface area (Å²) in [5, 5.41) is 6.50. The Morgan fingerprint density at radius 2 is 1.70 bits per heavy atom. The number of ether oxygens (including phenoxy) is 1. The Morgan fingerprint density at radius 1 is 1.18 bits per heavy atom. The van der Waals surface area contributed by atoms with Crippen molar-refractivity contribution >= 4 is 5.71 Å². The SMILES string of the molecule is C=CN.CC(C)=N.CCCOCCC.C\C=C/C=C\C(C)=C/C(c1cccnc1)C(F)(F)F. The second-order valence-electron chi connectivity index (χ2n) is 6.95. The minimum absolute atomic E-state index is 0.147. The summed E-state index contributed by atoms with van der Waals surface area (Å²) in [4.78, 5) is 3.74. The summed E-state index contributed by atoms with van der Waals surface area (Å²) in [6, 6.07) is 2.94. The summed E-state index contributed by atoms with van der Waals surface area (Å²) in [7, 11) is 0. The van der Waals surface area contributed by atoms with E-state index in [0.29, 0.717) is 11.3 Å². The number of nitrogens with one attached hydrogen (secondary N) is 1. The third-order valence-corrected chi connectivity index (χ3v) is 3.19. The van der Waals surface area contributed by atoms with E-state index in [9.17, 15) is 13.2 Å². The van der Waals surface area contributed by atoms with Crippen molar-refractivity contribution in [1.82, 2.24) is 4.98 Å². The number of rotatable bonds is 8. The molecule has 1 aromatic heterocycles. The van der Waals surface area contributed by atoms with E-state index in [0.717, 1.165) is 26.1 Å². The van der Waals surface area contributed by atoms with Crippen molar-refractivity contribution in [3.63, 3.8) is 0 Å². The fourth-order valence-corrected chi connectivity index (χ4v) is 1.97. The molecule has 1 unspecified atom stereocenters. The molecular formula is C26H42F3N3O. The zero-order valence-corrected chi connectivity index (χ0v) is 21.0. The molecule has 7 heteroatoms. The first-order chi connectivity index (χ1) is 15.5. The second-order valence-corrected chi connectivity index (χ2v) is 6.95. The largest absolute Gasteiger partial charge is 0.405 e. The number of alkyl halides is 3. The number of hydrogen-bond acceptors (Lipinski definition) is 4.